The molecule has 0 saturated heterocycles. The SMILES string of the molecule is COc1ccc2[n-]c([S@](=O)Cc3ncc(C)c(OC)c3C)nc2c1. The summed E-state index contributed by atoms with van der Waals surface area (Å²) >= 11 is 0. The first kappa shape index (κ1) is 16.4. The number of rotatable bonds is 5. The van der Waals surface area contributed by atoms with Gasteiger partial charge in [0.1, 0.15) is 11.5 Å². The van der Waals surface area contributed by atoms with Crippen LogP contribution in [0.2, 0.25) is 0 Å². The molecule has 2 heterocycles. The second-order valence-corrected chi connectivity index (χ2v) is 6.74. The van der Waals surface area contributed by atoms with Gasteiger partial charge in [-0.05, 0) is 37.0 Å². The molecule has 0 aliphatic heterocycles. The molecular weight excluding hydrogens is 326 g/mol. The van der Waals surface area contributed by atoms with E-state index in [4.69, 9.17) is 9.47 Å². The Hall–Kier alpha value is -2.41. The van der Waals surface area contributed by atoms with E-state index in [-0.39, 0.29) is 5.75 Å². The van der Waals surface area contributed by atoms with Crippen LogP contribution < -0.4 is 14.5 Å². The van der Waals surface area contributed by atoms with E-state index >= 15 is 0 Å². The molecule has 0 saturated carbocycles. The summed E-state index contributed by atoms with van der Waals surface area (Å²) in [4.78, 5) is 13.1. The second kappa shape index (κ2) is 6.60. The van der Waals surface area contributed by atoms with Gasteiger partial charge in [0.05, 0.1) is 36.5 Å². The zero-order chi connectivity index (χ0) is 17.3. The van der Waals surface area contributed by atoms with E-state index in [9.17, 15) is 4.21 Å². The Kier molecular flexibility index (Phi) is 4.53. The summed E-state index contributed by atoms with van der Waals surface area (Å²) in [6.45, 7) is 3.85. The summed E-state index contributed by atoms with van der Waals surface area (Å²) in [6, 6.07) is 5.39. The van der Waals surface area contributed by atoms with Crippen molar-refractivity contribution in [1.82, 2.24) is 15.0 Å². The monoisotopic (exact) mass is 344 g/mol. The zero-order valence-electron chi connectivity index (χ0n) is 14.0. The number of hydrogen-bond acceptors (Lipinski definition) is 5. The number of aromatic nitrogens is 3. The lowest BCUT2D eigenvalue weighted by Crippen LogP contribution is -2.05. The van der Waals surface area contributed by atoms with Crippen LogP contribution in [0.3, 0.4) is 0 Å². The van der Waals surface area contributed by atoms with Crippen LogP contribution >= 0.6 is 0 Å². The second-order valence-electron chi connectivity index (χ2n) is 5.40. The van der Waals surface area contributed by atoms with Gasteiger partial charge in [0.15, 0.2) is 0 Å². The molecular formula is C17H18N3O3S-. The van der Waals surface area contributed by atoms with E-state index in [0.717, 1.165) is 22.6 Å². The van der Waals surface area contributed by atoms with Gasteiger partial charge in [0.2, 0.25) is 0 Å². The summed E-state index contributed by atoms with van der Waals surface area (Å²) in [5.41, 5.74) is 3.94. The average molecular weight is 344 g/mol. The standard InChI is InChI=1S/C17H18N3O3S/c1-10-8-18-15(11(2)16(10)23-4)9-24(21)17-19-13-6-5-12(22-3)7-14(13)20-17/h5-8H,9H2,1-4H3/q-1/t24-/m1/s1. The number of fused-ring (bicyclic) bond motifs is 1. The number of nitrogens with zero attached hydrogens (tertiary/aromatic N) is 3. The Bertz CT molecular complexity index is 921. The normalized spacial score (nSPS) is 12.3. The lowest BCUT2D eigenvalue weighted by Gasteiger charge is -2.12. The van der Waals surface area contributed by atoms with Crippen molar-refractivity contribution >= 4 is 21.8 Å². The minimum absolute atomic E-state index is 0.246. The maximum absolute atomic E-state index is 12.6. The molecule has 7 heteroatoms. The largest absolute Gasteiger partial charge is 0.497 e. The Morgan fingerprint density at radius 2 is 2.00 bits per heavy atom. The minimum atomic E-state index is -1.38. The van der Waals surface area contributed by atoms with Gasteiger partial charge in [-0.2, -0.15) is 0 Å². The van der Waals surface area contributed by atoms with Crippen LogP contribution in [0.1, 0.15) is 16.8 Å². The van der Waals surface area contributed by atoms with Gasteiger partial charge in [-0.3, -0.25) is 9.19 Å². The van der Waals surface area contributed by atoms with E-state index in [2.05, 4.69) is 15.0 Å². The summed E-state index contributed by atoms with van der Waals surface area (Å²) in [5.74, 6) is 1.71. The molecule has 0 bridgehead atoms. The molecule has 3 aromatic rings. The molecule has 0 radical (unpaired) electrons. The lowest BCUT2D eigenvalue weighted by atomic mass is 10.1. The van der Waals surface area contributed by atoms with E-state index in [1.54, 1.807) is 38.6 Å². The average Bonchev–Trinajstić information content (AvgIpc) is 3.01. The Morgan fingerprint density at radius 1 is 1.21 bits per heavy atom. The van der Waals surface area contributed by atoms with Gasteiger partial charge in [-0.1, -0.05) is 6.07 Å². The number of benzene rings is 1. The number of aryl methyl sites for hydroxylation is 1. The summed E-state index contributed by atoms with van der Waals surface area (Å²) in [6.07, 6.45) is 1.73. The smallest absolute Gasteiger partial charge is 0.128 e. The third-order valence-electron chi connectivity index (χ3n) is 3.84. The highest BCUT2D eigenvalue weighted by molar-refractivity contribution is 7.84. The molecule has 0 amide bonds. The lowest BCUT2D eigenvalue weighted by molar-refractivity contribution is 0.407. The Labute approximate surface area is 142 Å². The van der Waals surface area contributed by atoms with Crippen LogP contribution in [0.4, 0.5) is 0 Å². The fraction of sp³-hybridized carbons (Fsp3) is 0.294. The number of ether oxygens (including phenoxy) is 2. The first-order valence-corrected chi connectivity index (χ1v) is 8.71. The quantitative estimate of drug-likeness (QED) is 0.708. The van der Waals surface area contributed by atoms with Gasteiger partial charge in [0.25, 0.3) is 0 Å². The molecule has 0 spiro atoms. The third kappa shape index (κ3) is 2.99. The fourth-order valence-corrected chi connectivity index (χ4v) is 3.62. The summed E-state index contributed by atoms with van der Waals surface area (Å²) in [5, 5.41) is 0.305. The van der Waals surface area contributed by atoms with Crippen LogP contribution in [0.5, 0.6) is 11.5 Å². The highest BCUT2D eigenvalue weighted by Gasteiger charge is 2.12. The van der Waals surface area contributed by atoms with Crippen molar-refractivity contribution in [2.45, 2.75) is 24.8 Å². The molecule has 24 heavy (non-hydrogen) atoms. The maximum Gasteiger partial charge on any atom is 0.128 e. The van der Waals surface area contributed by atoms with Crippen LogP contribution in [0.25, 0.3) is 11.0 Å². The zero-order valence-corrected chi connectivity index (χ0v) is 14.8. The predicted octanol–water partition coefficient (Wildman–Crippen LogP) is 2.53. The molecule has 0 aliphatic rings. The molecule has 6 nitrogen and oxygen atoms in total. The molecule has 0 unspecified atom stereocenters. The van der Waals surface area contributed by atoms with Crippen molar-refractivity contribution in [3.8, 4) is 11.5 Å². The van der Waals surface area contributed by atoms with Crippen LogP contribution in [0, 0.1) is 13.8 Å². The molecule has 0 fully saturated rings. The molecule has 3 rings (SSSR count). The number of imidazole rings is 1. The maximum atomic E-state index is 12.6. The van der Waals surface area contributed by atoms with E-state index < -0.39 is 10.8 Å². The molecule has 1 aromatic carbocycles. The van der Waals surface area contributed by atoms with Gasteiger partial charge in [-0.25, -0.2) is 0 Å². The highest BCUT2D eigenvalue weighted by Crippen LogP contribution is 2.26. The topological polar surface area (TPSA) is 75.4 Å². The van der Waals surface area contributed by atoms with Crippen molar-refractivity contribution in [2.24, 2.45) is 0 Å². The number of methoxy groups -OCH3 is 2. The molecule has 2 aromatic heterocycles. The number of hydrogen-bond donors (Lipinski definition) is 0. The molecule has 0 N–H and O–H groups in total. The van der Waals surface area contributed by atoms with Gasteiger partial charge in [-0.15, -0.1) is 0 Å². The van der Waals surface area contributed by atoms with E-state index in [0.29, 0.717) is 21.9 Å². The van der Waals surface area contributed by atoms with Crippen molar-refractivity contribution in [3.63, 3.8) is 0 Å². The fourth-order valence-electron chi connectivity index (χ4n) is 2.55. The first-order chi connectivity index (χ1) is 11.5. The van der Waals surface area contributed by atoms with Crippen molar-refractivity contribution in [2.75, 3.05) is 14.2 Å². The first-order valence-electron chi connectivity index (χ1n) is 7.39. The van der Waals surface area contributed by atoms with Crippen LogP contribution in [-0.4, -0.2) is 28.4 Å². The van der Waals surface area contributed by atoms with Gasteiger partial charge < -0.3 is 19.4 Å². The van der Waals surface area contributed by atoms with Crippen molar-refractivity contribution < 1.29 is 13.7 Å². The van der Waals surface area contributed by atoms with Crippen molar-refractivity contribution in [3.05, 3.63) is 41.2 Å². The Balaban J connectivity index is 1.90. The molecule has 0 aliphatic carbocycles. The minimum Gasteiger partial charge on any atom is -0.497 e. The predicted molar refractivity (Wildman–Crippen MR) is 92.0 cm³/mol. The summed E-state index contributed by atoms with van der Waals surface area (Å²) < 4.78 is 23.2. The van der Waals surface area contributed by atoms with Crippen molar-refractivity contribution in [1.29, 1.82) is 0 Å². The van der Waals surface area contributed by atoms with E-state index in [1.807, 2.05) is 13.8 Å². The highest BCUT2D eigenvalue weighted by atomic mass is 32.2. The van der Waals surface area contributed by atoms with Gasteiger partial charge in [0, 0.05) is 22.5 Å². The van der Waals surface area contributed by atoms with E-state index in [1.165, 1.54) is 0 Å². The molecule has 1 atom stereocenters. The molecule has 126 valence electrons. The van der Waals surface area contributed by atoms with Crippen LogP contribution in [0.15, 0.2) is 29.6 Å². The number of pyridine rings is 1. The van der Waals surface area contributed by atoms with Crippen LogP contribution in [-0.2, 0) is 16.6 Å². The third-order valence-corrected chi connectivity index (χ3v) is 4.96. The Morgan fingerprint density at radius 3 is 2.71 bits per heavy atom. The summed E-state index contributed by atoms with van der Waals surface area (Å²) in [7, 11) is 1.83. The van der Waals surface area contributed by atoms with Gasteiger partial charge >= 0.3 is 0 Å².